The summed E-state index contributed by atoms with van der Waals surface area (Å²) >= 11 is 0. The highest BCUT2D eigenvalue weighted by Gasteiger charge is 2.18. The maximum Gasteiger partial charge on any atom is 0.366 e. The van der Waals surface area contributed by atoms with Crippen LogP contribution in [0.2, 0.25) is 0 Å². The minimum atomic E-state index is -0.575. The number of anilines is 1. The minimum Gasteiger partial charge on any atom is -0.490 e. The number of carbonyl (C=O) groups is 1. The number of nitro benzene ring substituents is 1. The lowest BCUT2D eigenvalue weighted by Gasteiger charge is -2.20. The van der Waals surface area contributed by atoms with Gasteiger partial charge in [0.25, 0.3) is 5.69 Å². The molecule has 0 saturated carbocycles. The maximum atomic E-state index is 12.6. The third-order valence-electron chi connectivity index (χ3n) is 5.23. The third kappa shape index (κ3) is 8.57. The van der Waals surface area contributed by atoms with Crippen molar-refractivity contribution in [2.24, 2.45) is 0 Å². The lowest BCUT2D eigenvalue weighted by molar-refractivity contribution is -0.384. The van der Waals surface area contributed by atoms with Crippen LogP contribution < -0.4 is 10.2 Å². The Kier molecular flexibility index (Phi) is 11.1. The second-order valence-electron chi connectivity index (χ2n) is 7.88. The Morgan fingerprint density at radius 1 is 0.938 bits per heavy atom. The van der Waals surface area contributed by atoms with Gasteiger partial charge in [0.15, 0.2) is 0 Å². The van der Waals surface area contributed by atoms with Crippen molar-refractivity contribution < 1.29 is 19.3 Å². The number of benzene rings is 2. The van der Waals surface area contributed by atoms with E-state index in [4.69, 9.17) is 9.57 Å². The van der Waals surface area contributed by atoms with Crippen molar-refractivity contribution in [3.8, 4) is 5.75 Å². The molecule has 0 aliphatic rings. The van der Waals surface area contributed by atoms with Crippen LogP contribution in [0.25, 0.3) is 0 Å². The number of nitrogens with zero attached hydrogens (tertiary/aromatic N) is 1. The van der Waals surface area contributed by atoms with Crippen LogP contribution in [0.4, 0.5) is 11.4 Å². The first-order valence-electron chi connectivity index (χ1n) is 11.5. The highest BCUT2D eigenvalue weighted by atomic mass is 16.7. The summed E-state index contributed by atoms with van der Waals surface area (Å²) < 4.78 is 6.23. The van der Waals surface area contributed by atoms with Crippen LogP contribution in [-0.2, 0) is 4.84 Å². The number of unbranched alkanes of at least 4 members (excludes halogenated alkanes) is 5. The minimum absolute atomic E-state index is 0.0343. The average Bonchev–Trinajstić information content (AvgIpc) is 2.80. The molecule has 1 atom stereocenters. The fourth-order valence-electron chi connectivity index (χ4n) is 3.47. The summed E-state index contributed by atoms with van der Waals surface area (Å²) in [6, 6.07) is 12.7. The van der Waals surface area contributed by atoms with E-state index in [-0.39, 0.29) is 11.8 Å². The number of nitrogens with one attached hydrogen (secondary N) is 1. The van der Waals surface area contributed by atoms with E-state index < -0.39 is 10.9 Å². The fourth-order valence-corrected chi connectivity index (χ4v) is 3.47. The Balaban J connectivity index is 1.93. The molecule has 0 aromatic heterocycles. The van der Waals surface area contributed by atoms with E-state index in [1.807, 2.05) is 6.07 Å². The second-order valence-corrected chi connectivity index (χ2v) is 7.88. The summed E-state index contributed by atoms with van der Waals surface area (Å²) in [5, 5.41) is 10.7. The number of ether oxygens (including phenoxy) is 1. The van der Waals surface area contributed by atoms with Gasteiger partial charge in [-0.3, -0.25) is 10.1 Å². The summed E-state index contributed by atoms with van der Waals surface area (Å²) in [5.74, 6) is -0.0683. The average molecular weight is 443 g/mol. The zero-order chi connectivity index (χ0) is 23.2. The Morgan fingerprint density at radius 2 is 1.62 bits per heavy atom. The van der Waals surface area contributed by atoms with Crippen LogP contribution in [0.5, 0.6) is 5.75 Å². The zero-order valence-corrected chi connectivity index (χ0v) is 19.0. The molecule has 0 fully saturated rings. The van der Waals surface area contributed by atoms with Crippen LogP contribution in [0.15, 0.2) is 48.5 Å². The van der Waals surface area contributed by atoms with Gasteiger partial charge in [0.2, 0.25) is 0 Å². The molecule has 7 nitrogen and oxygen atoms in total. The smallest absolute Gasteiger partial charge is 0.366 e. The van der Waals surface area contributed by atoms with E-state index in [1.165, 1.54) is 56.4 Å². The molecule has 1 unspecified atom stereocenters. The first kappa shape index (κ1) is 25.2. The fraction of sp³-hybridized carbons (Fsp3) is 0.480. The van der Waals surface area contributed by atoms with Crippen LogP contribution in [-0.4, -0.2) is 17.0 Å². The first-order valence-corrected chi connectivity index (χ1v) is 11.5. The van der Waals surface area contributed by atoms with Crippen LogP contribution in [0, 0.1) is 10.1 Å². The predicted molar refractivity (Wildman–Crippen MR) is 126 cm³/mol. The number of non-ortho nitro benzene ring substituents is 1. The highest BCUT2D eigenvalue weighted by molar-refractivity contribution is 5.92. The zero-order valence-electron chi connectivity index (χ0n) is 19.0. The molecule has 1 N–H and O–H groups in total. The number of carbonyl (C=O) groups excluding carboxylic acids is 1. The van der Waals surface area contributed by atoms with Crippen LogP contribution in [0.3, 0.4) is 0 Å². The lowest BCUT2D eigenvalue weighted by Crippen LogP contribution is -2.19. The Bertz CT molecular complexity index is 838. The van der Waals surface area contributed by atoms with Gasteiger partial charge in [0.05, 0.1) is 16.7 Å². The quantitative estimate of drug-likeness (QED) is 0.180. The van der Waals surface area contributed by atoms with Crippen molar-refractivity contribution in [2.75, 3.05) is 5.48 Å². The molecule has 0 aliphatic heterocycles. The molecule has 2 rings (SSSR count). The second kappa shape index (κ2) is 14.1. The highest BCUT2D eigenvalue weighted by Crippen LogP contribution is 2.24. The van der Waals surface area contributed by atoms with E-state index in [2.05, 4.69) is 19.3 Å². The Morgan fingerprint density at radius 3 is 2.31 bits per heavy atom. The number of hydrogen-bond acceptors (Lipinski definition) is 6. The van der Waals surface area contributed by atoms with Gasteiger partial charge < -0.3 is 9.57 Å². The van der Waals surface area contributed by atoms with Gasteiger partial charge in [-0.2, -0.15) is 0 Å². The molecule has 174 valence electrons. The molecule has 32 heavy (non-hydrogen) atoms. The number of hydrogen-bond donors (Lipinski definition) is 1. The van der Waals surface area contributed by atoms with Crippen molar-refractivity contribution in [3.05, 3.63) is 64.2 Å². The van der Waals surface area contributed by atoms with E-state index in [0.717, 1.165) is 25.7 Å². The molecule has 2 aromatic carbocycles. The molecule has 0 radical (unpaired) electrons. The third-order valence-corrected chi connectivity index (χ3v) is 5.23. The molecule has 0 bridgehead atoms. The summed E-state index contributed by atoms with van der Waals surface area (Å²) in [5.41, 5.74) is 3.29. The molecule has 0 aliphatic carbocycles. The lowest BCUT2D eigenvalue weighted by atomic mass is 10.0. The summed E-state index contributed by atoms with van der Waals surface area (Å²) in [7, 11) is 0. The predicted octanol–water partition coefficient (Wildman–Crippen LogP) is 7.08. The van der Waals surface area contributed by atoms with Crippen molar-refractivity contribution in [3.63, 3.8) is 0 Å². The molecule has 0 saturated heterocycles. The van der Waals surface area contributed by atoms with Crippen LogP contribution in [0.1, 0.15) is 82.0 Å². The van der Waals surface area contributed by atoms with Crippen molar-refractivity contribution in [2.45, 2.75) is 77.7 Å². The number of rotatable bonds is 15. The number of para-hydroxylation sites is 1. The normalized spacial score (nSPS) is 11.6. The summed E-state index contributed by atoms with van der Waals surface area (Å²) in [6.07, 6.45) is 10.3. The molecule has 0 heterocycles. The van der Waals surface area contributed by atoms with Gasteiger partial charge in [-0.15, -0.1) is 0 Å². The standard InChI is InChI=1S/C25H34N2O5/c1-3-5-6-7-8-9-13-22(12-4-2)31-24-15-11-10-14-23(24)25(28)32-26-20-16-18-21(19-17-20)27(29)30/h10-11,14-19,22,26H,3-9,12-13H2,1-2H3. The van der Waals surface area contributed by atoms with Crippen molar-refractivity contribution >= 4 is 17.3 Å². The summed E-state index contributed by atoms with van der Waals surface area (Å²) in [6.45, 7) is 4.35. The van der Waals surface area contributed by atoms with Crippen LogP contribution >= 0.6 is 0 Å². The van der Waals surface area contributed by atoms with Gasteiger partial charge >= 0.3 is 5.97 Å². The largest absolute Gasteiger partial charge is 0.490 e. The Hall–Kier alpha value is -3.09. The van der Waals surface area contributed by atoms with E-state index in [1.54, 1.807) is 18.2 Å². The number of nitro groups is 1. The van der Waals surface area contributed by atoms with Gasteiger partial charge in [-0.05, 0) is 43.5 Å². The van der Waals surface area contributed by atoms with E-state index >= 15 is 0 Å². The van der Waals surface area contributed by atoms with E-state index in [9.17, 15) is 14.9 Å². The van der Waals surface area contributed by atoms with Gasteiger partial charge in [0.1, 0.15) is 11.3 Å². The maximum absolute atomic E-state index is 12.6. The van der Waals surface area contributed by atoms with Gasteiger partial charge in [-0.25, -0.2) is 10.3 Å². The first-order chi connectivity index (χ1) is 15.5. The van der Waals surface area contributed by atoms with Gasteiger partial charge in [0, 0.05) is 12.1 Å². The SMILES string of the molecule is CCCCCCCCC(CCC)Oc1ccccc1C(=O)ONc1ccc([N+](=O)[O-])cc1. The molecular weight excluding hydrogens is 408 g/mol. The molecule has 0 spiro atoms. The molecule has 7 heteroatoms. The topological polar surface area (TPSA) is 90.7 Å². The molecule has 2 aromatic rings. The Labute approximate surface area is 190 Å². The summed E-state index contributed by atoms with van der Waals surface area (Å²) in [4.78, 5) is 28.1. The van der Waals surface area contributed by atoms with E-state index in [0.29, 0.717) is 17.0 Å². The van der Waals surface area contributed by atoms with Crippen molar-refractivity contribution in [1.82, 2.24) is 0 Å². The molecule has 0 amide bonds. The van der Waals surface area contributed by atoms with Crippen molar-refractivity contribution in [1.29, 1.82) is 0 Å². The molecular formula is C25H34N2O5. The monoisotopic (exact) mass is 442 g/mol. The van der Waals surface area contributed by atoms with Gasteiger partial charge in [-0.1, -0.05) is 64.5 Å².